The number of amidine groups is 2. The molecule has 342 valence electrons. The molecule has 0 aromatic rings. The molecular weight excluding hydrogens is 713 g/mol. The second kappa shape index (κ2) is 37.8. The average molecular weight is 817 g/mol. The van der Waals surface area contributed by atoms with E-state index in [-0.39, 0.29) is 0 Å². The second-order valence-corrected chi connectivity index (χ2v) is 18.7. The molecule has 2 heterocycles. The number of rotatable bonds is 45. The summed E-state index contributed by atoms with van der Waals surface area (Å²) in [7, 11) is 0. The van der Waals surface area contributed by atoms with Crippen LogP contribution in [0.5, 0.6) is 0 Å². The number of unbranched alkanes of at least 4 members (excludes halogenated alkanes) is 27. The van der Waals surface area contributed by atoms with Gasteiger partial charge in [0.05, 0.1) is 39.3 Å². The molecule has 0 aliphatic carbocycles. The summed E-state index contributed by atoms with van der Waals surface area (Å²) in [5.41, 5.74) is 11.7. The minimum Gasteiger partial charge on any atom is -0.329 e. The van der Waals surface area contributed by atoms with Crippen LogP contribution in [0.15, 0.2) is 9.98 Å². The maximum Gasteiger partial charge on any atom is 0.198 e. The Morgan fingerprint density at radius 3 is 0.983 bits per heavy atom. The zero-order chi connectivity index (χ0) is 41.5. The molecule has 0 bridgehead atoms. The second-order valence-electron chi connectivity index (χ2n) is 18.7. The molecule has 0 radical (unpaired) electrons. The lowest BCUT2D eigenvalue weighted by molar-refractivity contribution is -0.836. The summed E-state index contributed by atoms with van der Waals surface area (Å²) in [5.74, 6) is 3.02. The van der Waals surface area contributed by atoms with E-state index < -0.39 is 0 Å². The van der Waals surface area contributed by atoms with Crippen molar-refractivity contribution >= 4 is 11.7 Å². The van der Waals surface area contributed by atoms with E-state index in [1.165, 1.54) is 256 Å². The molecule has 0 saturated heterocycles. The van der Waals surface area contributed by atoms with Gasteiger partial charge in [-0.2, -0.15) is 0 Å². The van der Waals surface area contributed by atoms with Gasteiger partial charge in [-0.3, -0.25) is 8.97 Å². The van der Waals surface area contributed by atoms with Gasteiger partial charge in [0.2, 0.25) is 0 Å². The lowest BCUT2D eigenvalue weighted by Gasteiger charge is -2.36. The lowest BCUT2D eigenvalue weighted by atomic mass is 10.0. The summed E-state index contributed by atoms with van der Waals surface area (Å²) in [6.45, 7) is 19.3. The Bertz CT molecular complexity index is 895. The third kappa shape index (κ3) is 25.1. The number of aliphatic imine (C=N–C) groups is 2. The number of nitrogens with two attached hydrogens (primary N) is 2. The number of quaternary nitrogens is 2. The van der Waals surface area contributed by atoms with Crippen LogP contribution in [0.4, 0.5) is 0 Å². The van der Waals surface area contributed by atoms with Gasteiger partial charge in [0.1, 0.15) is 13.1 Å². The van der Waals surface area contributed by atoms with Gasteiger partial charge in [-0.05, 0) is 38.5 Å². The van der Waals surface area contributed by atoms with Crippen LogP contribution >= 0.6 is 0 Å². The van der Waals surface area contributed by atoms with E-state index in [0.717, 1.165) is 61.3 Å². The molecule has 2 atom stereocenters. The van der Waals surface area contributed by atoms with Crippen molar-refractivity contribution < 1.29 is 8.97 Å². The summed E-state index contributed by atoms with van der Waals surface area (Å²) in [6.07, 6.45) is 44.5. The number of hydrogen-bond acceptors (Lipinski definition) is 6. The van der Waals surface area contributed by atoms with E-state index in [0.29, 0.717) is 0 Å². The molecule has 58 heavy (non-hydrogen) atoms. The molecule has 2 aliphatic heterocycles. The van der Waals surface area contributed by atoms with E-state index in [1.807, 2.05) is 0 Å². The monoisotopic (exact) mass is 817 g/mol. The Labute approximate surface area is 362 Å². The summed E-state index contributed by atoms with van der Waals surface area (Å²) < 4.78 is 2.27. The fourth-order valence-corrected chi connectivity index (χ4v) is 9.94. The van der Waals surface area contributed by atoms with Crippen LogP contribution in [0.2, 0.25) is 0 Å². The highest BCUT2D eigenvalue weighted by Gasteiger charge is 2.38. The molecule has 8 heteroatoms. The van der Waals surface area contributed by atoms with Crippen molar-refractivity contribution in [3.05, 3.63) is 0 Å². The molecule has 6 N–H and O–H groups in total. The van der Waals surface area contributed by atoms with Gasteiger partial charge in [-0.1, -0.05) is 168 Å². The van der Waals surface area contributed by atoms with Crippen LogP contribution in [0.3, 0.4) is 0 Å². The van der Waals surface area contributed by atoms with Crippen molar-refractivity contribution in [2.45, 2.75) is 219 Å². The van der Waals surface area contributed by atoms with E-state index in [2.05, 4.69) is 24.5 Å². The molecule has 0 spiro atoms. The molecule has 0 fully saturated rings. The SMILES string of the molecule is CCCCCCCCCCCCCCCC1=NCC[N+]1(CCCCCC[N+]1(CCNCCN)CCN=C1CCCCCCCCCCCCCCC)CCNCCN. The molecule has 2 unspecified atom stereocenters. The topological polar surface area (TPSA) is 101 Å². The Kier molecular flexibility index (Phi) is 34.7. The molecule has 0 aromatic carbocycles. The van der Waals surface area contributed by atoms with Crippen LogP contribution in [-0.2, 0) is 0 Å². The molecule has 8 nitrogen and oxygen atoms in total. The largest absolute Gasteiger partial charge is 0.329 e. The van der Waals surface area contributed by atoms with Gasteiger partial charge in [0.25, 0.3) is 0 Å². The minimum absolute atomic E-state index is 0.717. The predicted octanol–water partition coefficient (Wildman–Crippen LogP) is 11.1. The first kappa shape index (κ1) is 53.2. The van der Waals surface area contributed by atoms with E-state index in [1.54, 1.807) is 0 Å². The van der Waals surface area contributed by atoms with Crippen molar-refractivity contribution in [1.29, 1.82) is 0 Å². The number of nitrogens with one attached hydrogen (secondary N) is 2. The van der Waals surface area contributed by atoms with Gasteiger partial charge in [0.15, 0.2) is 11.7 Å². The van der Waals surface area contributed by atoms with Crippen molar-refractivity contribution in [3.8, 4) is 0 Å². The number of nitrogens with zero attached hydrogens (tertiary/aromatic N) is 4. The smallest absolute Gasteiger partial charge is 0.198 e. The Balaban J connectivity index is 1.72. The van der Waals surface area contributed by atoms with Crippen molar-refractivity contribution in [2.24, 2.45) is 21.5 Å². The predicted molar refractivity (Wildman–Crippen MR) is 257 cm³/mol. The maximum absolute atomic E-state index is 5.84. The molecule has 2 aliphatic rings. The van der Waals surface area contributed by atoms with Crippen molar-refractivity contribution in [1.82, 2.24) is 10.6 Å². The molecule has 2 rings (SSSR count). The first-order valence-electron chi connectivity index (χ1n) is 26.3. The van der Waals surface area contributed by atoms with Gasteiger partial charge in [0, 0.05) is 52.1 Å². The summed E-state index contributed by atoms with van der Waals surface area (Å²) in [6, 6.07) is 0. The third-order valence-electron chi connectivity index (χ3n) is 13.7. The van der Waals surface area contributed by atoms with Crippen LogP contribution < -0.4 is 22.1 Å². The molecular formula is C50H104N8+2. The van der Waals surface area contributed by atoms with Gasteiger partial charge in [-0.15, -0.1) is 0 Å². The van der Waals surface area contributed by atoms with E-state index in [9.17, 15) is 0 Å². The summed E-state index contributed by atoms with van der Waals surface area (Å²) in [4.78, 5) is 10.4. The van der Waals surface area contributed by atoms with E-state index >= 15 is 0 Å². The van der Waals surface area contributed by atoms with Gasteiger partial charge >= 0.3 is 0 Å². The Hall–Kier alpha value is -0.900. The molecule has 0 aromatic heterocycles. The minimum atomic E-state index is 0.717. The van der Waals surface area contributed by atoms with Crippen LogP contribution in [0.25, 0.3) is 0 Å². The summed E-state index contributed by atoms with van der Waals surface area (Å²) in [5, 5.41) is 7.24. The van der Waals surface area contributed by atoms with Crippen LogP contribution in [0.1, 0.15) is 219 Å². The lowest BCUT2D eigenvalue weighted by Crippen LogP contribution is -2.55. The third-order valence-corrected chi connectivity index (χ3v) is 13.7. The Morgan fingerprint density at radius 2 is 0.672 bits per heavy atom. The fourth-order valence-electron chi connectivity index (χ4n) is 9.94. The van der Waals surface area contributed by atoms with Crippen LogP contribution in [0, 0.1) is 0 Å². The normalized spacial score (nSPS) is 19.4. The zero-order valence-electron chi connectivity index (χ0n) is 39.5. The number of hydrogen-bond donors (Lipinski definition) is 4. The molecule has 0 amide bonds. The average Bonchev–Trinajstić information content (AvgIpc) is 3.83. The Morgan fingerprint density at radius 1 is 0.379 bits per heavy atom. The maximum atomic E-state index is 5.84. The van der Waals surface area contributed by atoms with Crippen molar-refractivity contribution in [3.63, 3.8) is 0 Å². The van der Waals surface area contributed by atoms with E-state index in [4.69, 9.17) is 21.5 Å². The molecule has 0 saturated carbocycles. The van der Waals surface area contributed by atoms with Gasteiger partial charge < -0.3 is 22.1 Å². The first-order chi connectivity index (χ1) is 28.7. The fraction of sp³-hybridized carbons (Fsp3) is 0.960. The van der Waals surface area contributed by atoms with Gasteiger partial charge in [-0.25, -0.2) is 9.98 Å². The first-order valence-corrected chi connectivity index (χ1v) is 26.3. The highest BCUT2D eigenvalue weighted by Crippen LogP contribution is 2.25. The quantitative estimate of drug-likeness (QED) is 0.0363. The van der Waals surface area contributed by atoms with Crippen LogP contribution in [-0.4, -0.2) is 112 Å². The zero-order valence-corrected chi connectivity index (χ0v) is 39.5. The highest BCUT2D eigenvalue weighted by atomic mass is 15.4. The highest BCUT2D eigenvalue weighted by molar-refractivity contribution is 5.77. The van der Waals surface area contributed by atoms with Crippen molar-refractivity contribution in [2.75, 3.05) is 91.6 Å². The standard InChI is InChI=1S/C50H104N8/c1-3-5-7-9-11-13-15-17-19-21-23-25-29-33-49-55-41-47-57(49,45-39-53-37-35-51)43-31-27-28-32-44-58(46-40-54-38-36-52)48-42-56-50(58)34-30-26-24-22-20-18-16-14-12-10-8-6-4-2/h53-54H,3-48,51-52H2,1-2H3/q+2. The summed E-state index contributed by atoms with van der Waals surface area (Å²) >= 11 is 0.